The Morgan fingerprint density at radius 3 is 2.55 bits per heavy atom. The Morgan fingerprint density at radius 2 is 2.00 bits per heavy atom. The van der Waals surface area contributed by atoms with E-state index in [0.717, 1.165) is 13.1 Å². The number of benzene rings is 1. The summed E-state index contributed by atoms with van der Waals surface area (Å²) in [5.74, 6) is -0.295. The van der Waals surface area contributed by atoms with Gasteiger partial charge in [-0.25, -0.2) is 4.39 Å². The molecule has 1 aliphatic heterocycles. The summed E-state index contributed by atoms with van der Waals surface area (Å²) < 4.78 is 13.2. The molecule has 0 aliphatic carbocycles. The Bertz CT molecular complexity index is 484. The third-order valence-electron chi connectivity index (χ3n) is 3.97. The molecule has 0 bridgehead atoms. The number of hydrogen-bond donors (Lipinski definition) is 1. The molecule has 2 rings (SSSR count). The van der Waals surface area contributed by atoms with Crippen molar-refractivity contribution in [2.24, 2.45) is 5.73 Å². The van der Waals surface area contributed by atoms with E-state index in [1.807, 2.05) is 4.90 Å². The molecule has 110 valence electrons. The van der Waals surface area contributed by atoms with Gasteiger partial charge in [0.25, 0.3) is 5.91 Å². The highest BCUT2D eigenvalue weighted by molar-refractivity contribution is 5.94. The molecule has 1 amide bonds. The molecule has 1 aliphatic rings. The van der Waals surface area contributed by atoms with Crippen molar-refractivity contribution in [2.45, 2.75) is 19.9 Å². The van der Waals surface area contributed by atoms with Crippen LogP contribution >= 0.6 is 0 Å². The van der Waals surface area contributed by atoms with Crippen LogP contribution in [0.15, 0.2) is 18.2 Å². The third kappa shape index (κ3) is 3.16. The molecular formula is C15H22FN3O. The number of nitrogens with zero attached hydrogens (tertiary/aromatic N) is 2. The molecule has 1 aromatic rings. The van der Waals surface area contributed by atoms with Crippen molar-refractivity contribution in [2.75, 3.05) is 32.7 Å². The molecule has 20 heavy (non-hydrogen) atoms. The van der Waals surface area contributed by atoms with Crippen molar-refractivity contribution in [3.8, 4) is 0 Å². The van der Waals surface area contributed by atoms with E-state index in [-0.39, 0.29) is 11.7 Å². The van der Waals surface area contributed by atoms with E-state index in [0.29, 0.717) is 36.8 Å². The van der Waals surface area contributed by atoms with E-state index in [2.05, 4.69) is 11.8 Å². The van der Waals surface area contributed by atoms with Gasteiger partial charge in [0, 0.05) is 44.3 Å². The second kappa shape index (κ2) is 6.33. The zero-order chi connectivity index (χ0) is 14.7. The Kier molecular flexibility index (Phi) is 4.73. The molecule has 1 heterocycles. The van der Waals surface area contributed by atoms with Crippen LogP contribution in [0, 0.1) is 12.7 Å². The lowest BCUT2D eigenvalue weighted by molar-refractivity contribution is 0.0589. The number of hydrogen-bond acceptors (Lipinski definition) is 3. The van der Waals surface area contributed by atoms with E-state index >= 15 is 0 Å². The van der Waals surface area contributed by atoms with Gasteiger partial charge in [0.1, 0.15) is 5.82 Å². The van der Waals surface area contributed by atoms with E-state index in [4.69, 9.17) is 5.73 Å². The Morgan fingerprint density at radius 1 is 1.35 bits per heavy atom. The van der Waals surface area contributed by atoms with Crippen LogP contribution in [0.4, 0.5) is 4.39 Å². The average molecular weight is 279 g/mol. The molecule has 1 unspecified atom stereocenters. The number of piperazine rings is 1. The highest BCUT2D eigenvalue weighted by atomic mass is 19.1. The maximum absolute atomic E-state index is 13.2. The van der Waals surface area contributed by atoms with Crippen LogP contribution in [0.3, 0.4) is 0 Å². The van der Waals surface area contributed by atoms with Crippen LogP contribution in [-0.2, 0) is 0 Å². The number of carbonyl (C=O) groups is 1. The number of carbonyl (C=O) groups excluding carboxylic acids is 1. The van der Waals surface area contributed by atoms with E-state index < -0.39 is 0 Å². The molecule has 2 N–H and O–H groups in total. The van der Waals surface area contributed by atoms with Crippen LogP contribution in [0.5, 0.6) is 0 Å². The SMILES string of the molecule is Cc1cc(C(=O)N2CCN(C(C)CN)CC2)ccc1F. The van der Waals surface area contributed by atoms with Crippen LogP contribution in [0.1, 0.15) is 22.8 Å². The van der Waals surface area contributed by atoms with Gasteiger partial charge in [-0.1, -0.05) is 0 Å². The molecule has 1 fully saturated rings. The van der Waals surface area contributed by atoms with Crippen molar-refractivity contribution in [3.63, 3.8) is 0 Å². The van der Waals surface area contributed by atoms with Crippen molar-refractivity contribution in [1.82, 2.24) is 9.80 Å². The Hall–Kier alpha value is -1.46. The first kappa shape index (κ1) is 14.9. The molecule has 5 heteroatoms. The first-order valence-corrected chi connectivity index (χ1v) is 7.02. The molecule has 0 spiro atoms. The lowest BCUT2D eigenvalue weighted by atomic mass is 10.1. The van der Waals surface area contributed by atoms with Crippen LogP contribution in [0.25, 0.3) is 0 Å². The summed E-state index contributed by atoms with van der Waals surface area (Å²) in [4.78, 5) is 16.5. The highest BCUT2D eigenvalue weighted by Crippen LogP contribution is 2.14. The van der Waals surface area contributed by atoms with Gasteiger partial charge in [0.2, 0.25) is 0 Å². The molecule has 1 saturated heterocycles. The fourth-order valence-electron chi connectivity index (χ4n) is 2.48. The van der Waals surface area contributed by atoms with Gasteiger partial charge < -0.3 is 10.6 Å². The second-order valence-corrected chi connectivity index (χ2v) is 5.38. The second-order valence-electron chi connectivity index (χ2n) is 5.38. The lowest BCUT2D eigenvalue weighted by Crippen LogP contribution is -2.52. The Labute approximate surface area is 119 Å². The minimum atomic E-state index is -0.275. The van der Waals surface area contributed by atoms with E-state index in [1.165, 1.54) is 6.07 Å². The lowest BCUT2D eigenvalue weighted by Gasteiger charge is -2.37. The van der Waals surface area contributed by atoms with Gasteiger partial charge in [-0.2, -0.15) is 0 Å². The molecule has 0 saturated carbocycles. The van der Waals surface area contributed by atoms with Gasteiger partial charge in [0.15, 0.2) is 0 Å². The first-order chi connectivity index (χ1) is 9.52. The summed E-state index contributed by atoms with van der Waals surface area (Å²) >= 11 is 0. The quantitative estimate of drug-likeness (QED) is 0.905. The van der Waals surface area contributed by atoms with Crippen molar-refractivity contribution < 1.29 is 9.18 Å². The smallest absolute Gasteiger partial charge is 0.253 e. The largest absolute Gasteiger partial charge is 0.336 e. The van der Waals surface area contributed by atoms with Gasteiger partial charge in [-0.3, -0.25) is 9.69 Å². The summed E-state index contributed by atoms with van der Waals surface area (Å²) in [5.41, 5.74) is 6.73. The average Bonchev–Trinajstić information content (AvgIpc) is 2.48. The minimum Gasteiger partial charge on any atom is -0.336 e. The molecule has 0 aromatic heterocycles. The zero-order valence-electron chi connectivity index (χ0n) is 12.1. The predicted octanol–water partition coefficient (Wildman–Crippen LogP) is 1.24. The number of rotatable bonds is 3. The van der Waals surface area contributed by atoms with Crippen molar-refractivity contribution >= 4 is 5.91 Å². The van der Waals surface area contributed by atoms with Gasteiger partial charge >= 0.3 is 0 Å². The minimum absolute atomic E-state index is 0.0202. The number of halogens is 1. The summed E-state index contributed by atoms with van der Waals surface area (Å²) in [5, 5.41) is 0. The highest BCUT2D eigenvalue weighted by Gasteiger charge is 2.24. The fourth-order valence-corrected chi connectivity index (χ4v) is 2.48. The predicted molar refractivity (Wildman–Crippen MR) is 77.1 cm³/mol. The monoisotopic (exact) mass is 279 g/mol. The molecule has 4 nitrogen and oxygen atoms in total. The standard InChI is InChI=1S/C15H22FN3O/c1-11-9-13(3-4-14(11)16)15(20)19-7-5-18(6-8-19)12(2)10-17/h3-4,9,12H,5-8,10,17H2,1-2H3. The summed E-state index contributed by atoms with van der Waals surface area (Å²) in [6.45, 7) is 7.46. The summed E-state index contributed by atoms with van der Waals surface area (Å²) in [6, 6.07) is 4.88. The van der Waals surface area contributed by atoms with Crippen LogP contribution < -0.4 is 5.73 Å². The molecule has 0 radical (unpaired) electrons. The first-order valence-electron chi connectivity index (χ1n) is 7.02. The normalized spacial score (nSPS) is 18.1. The summed E-state index contributed by atoms with van der Waals surface area (Å²) in [6.07, 6.45) is 0. The van der Waals surface area contributed by atoms with Crippen molar-refractivity contribution in [3.05, 3.63) is 35.1 Å². The maximum atomic E-state index is 13.2. The topological polar surface area (TPSA) is 49.6 Å². The van der Waals surface area contributed by atoms with Crippen molar-refractivity contribution in [1.29, 1.82) is 0 Å². The molecule has 1 atom stereocenters. The van der Waals surface area contributed by atoms with Gasteiger partial charge in [0.05, 0.1) is 0 Å². The third-order valence-corrected chi connectivity index (χ3v) is 3.97. The van der Waals surface area contributed by atoms with Crippen LogP contribution in [-0.4, -0.2) is 54.5 Å². The number of nitrogens with two attached hydrogens (primary N) is 1. The van der Waals surface area contributed by atoms with Gasteiger partial charge in [-0.15, -0.1) is 0 Å². The van der Waals surface area contributed by atoms with E-state index in [9.17, 15) is 9.18 Å². The number of aryl methyl sites for hydroxylation is 1. The Balaban J connectivity index is 1.99. The molecule has 1 aromatic carbocycles. The number of amides is 1. The van der Waals surface area contributed by atoms with Crippen LogP contribution in [0.2, 0.25) is 0 Å². The fraction of sp³-hybridized carbons (Fsp3) is 0.533. The summed E-state index contributed by atoms with van der Waals surface area (Å²) in [7, 11) is 0. The maximum Gasteiger partial charge on any atom is 0.253 e. The molecular weight excluding hydrogens is 257 g/mol. The van der Waals surface area contributed by atoms with Gasteiger partial charge in [-0.05, 0) is 37.6 Å². The zero-order valence-corrected chi connectivity index (χ0v) is 12.1. The van der Waals surface area contributed by atoms with E-state index in [1.54, 1.807) is 19.1 Å².